The number of nitrogens with one attached hydrogen (secondary N) is 2. The van der Waals surface area contributed by atoms with Gasteiger partial charge in [0.2, 0.25) is 10.0 Å². The van der Waals surface area contributed by atoms with Gasteiger partial charge in [-0.25, -0.2) is 8.42 Å². The Morgan fingerprint density at radius 1 is 1.20 bits per heavy atom. The number of carbonyl (C=O) groups is 1. The van der Waals surface area contributed by atoms with Gasteiger partial charge >= 0.3 is 0 Å². The second-order valence-corrected chi connectivity index (χ2v) is 8.09. The molecule has 0 saturated carbocycles. The number of sulfonamides is 1. The molecule has 0 atom stereocenters. The lowest BCUT2D eigenvalue weighted by atomic mass is 10.2. The van der Waals surface area contributed by atoms with E-state index in [-0.39, 0.29) is 18.2 Å². The fraction of sp³-hybridized carbons (Fsp3) is 0.562. The van der Waals surface area contributed by atoms with Gasteiger partial charge in [-0.3, -0.25) is 4.79 Å². The number of piperazine rings is 1. The molecule has 0 aromatic heterocycles. The van der Waals surface area contributed by atoms with Gasteiger partial charge in [0.25, 0.3) is 5.91 Å². The number of hydrogen-bond donors (Lipinski definition) is 2. The normalized spacial score (nSPS) is 16.4. The van der Waals surface area contributed by atoms with Crippen LogP contribution in [0.15, 0.2) is 18.2 Å². The third kappa shape index (κ3) is 5.07. The van der Waals surface area contributed by atoms with Crippen LogP contribution in [0, 0.1) is 0 Å². The van der Waals surface area contributed by atoms with Crippen molar-refractivity contribution in [3.63, 3.8) is 0 Å². The first-order chi connectivity index (χ1) is 11.9. The highest BCUT2D eigenvalue weighted by Gasteiger charge is 2.27. The van der Waals surface area contributed by atoms with Crippen molar-refractivity contribution in [2.45, 2.75) is 0 Å². The van der Waals surface area contributed by atoms with Crippen molar-refractivity contribution in [3.8, 4) is 11.5 Å². The summed E-state index contributed by atoms with van der Waals surface area (Å²) in [6, 6.07) is 4.80. The van der Waals surface area contributed by atoms with Crippen molar-refractivity contribution in [3.05, 3.63) is 23.8 Å². The summed E-state index contributed by atoms with van der Waals surface area (Å²) in [6.07, 6.45) is 0. The maximum absolute atomic E-state index is 12.3. The van der Waals surface area contributed by atoms with E-state index < -0.39 is 10.0 Å². The number of rotatable bonds is 7. The van der Waals surface area contributed by atoms with E-state index in [0.29, 0.717) is 30.2 Å². The molecule has 0 radical (unpaired) electrons. The highest BCUT2D eigenvalue weighted by atomic mass is 32.2. The minimum absolute atomic E-state index is 0.0642. The number of benzene rings is 1. The van der Waals surface area contributed by atoms with E-state index in [9.17, 15) is 13.2 Å². The number of ether oxygens (including phenoxy) is 2. The molecule has 9 heteroatoms. The molecule has 1 saturated heterocycles. The van der Waals surface area contributed by atoms with Crippen LogP contribution < -0.4 is 19.7 Å². The van der Waals surface area contributed by atoms with Crippen LogP contribution in [0.2, 0.25) is 0 Å². The first-order valence-corrected chi connectivity index (χ1v) is 9.77. The van der Waals surface area contributed by atoms with Crippen LogP contribution in [0.5, 0.6) is 11.5 Å². The summed E-state index contributed by atoms with van der Waals surface area (Å²) in [5.74, 6) is 0.519. The van der Waals surface area contributed by atoms with Gasteiger partial charge in [0, 0.05) is 12.1 Å². The monoisotopic (exact) mass is 372 g/mol. The summed E-state index contributed by atoms with van der Waals surface area (Å²) in [7, 11) is 1.71. The van der Waals surface area contributed by atoms with Crippen LogP contribution in [-0.4, -0.2) is 78.4 Å². The topological polar surface area (TPSA) is 89.4 Å². The van der Waals surface area contributed by atoms with E-state index in [1.807, 2.05) is 7.05 Å². The molecule has 1 heterocycles. The van der Waals surface area contributed by atoms with Crippen LogP contribution in [0.4, 0.5) is 0 Å². The molecular weight excluding hydrogens is 346 g/mol. The van der Waals surface area contributed by atoms with Crippen molar-refractivity contribution >= 4 is 15.9 Å². The molecule has 140 valence electrons. The van der Waals surface area contributed by atoms with E-state index in [2.05, 4.69) is 5.32 Å². The molecule has 0 unspecified atom stereocenters. The zero-order valence-electron chi connectivity index (χ0n) is 14.9. The Bertz CT molecular complexity index is 700. The maximum atomic E-state index is 12.3. The average Bonchev–Trinajstić information content (AvgIpc) is 2.61. The van der Waals surface area contributed by atoms with E-state index in [4.69, 9.17) is 9.47 Å². The molecular formula is C16H26N3O5S+. The predicted molar refractivity (Wildman–Crippen MR) is 93.9 cm³/mol. The van der Waals surface area contributed by atoms with E-state index in [0.717, 1.165) is 13.1 Å². The van der Waals surface area contributed by atoms with Gasteiger partial charge in [0.15, 0.2) is 11.5 Å². The van der Waals surface area contributed by atoms with Gasteiger partial charge in [0.05, 0.1) is 53.2 Å². The molecule has 1 fully saturated rings. The Hall–Kier alpha value is -1.84. The number of likely N-dealkylation sites (N-methyl/N-ethyl adjacent to an activating group) is 1. The first kappa shape index (κ1) is 19.5. The third-order valence-electron chi connectivity index (χ3n) is 4.26. The summed E-state index contributed by atoms with van der Waals surface area (Å²) in [4.78, 5) is 13.5. The lowest BCUT2D eigenvalue weighted by Gasteiger charge is -2.29. The highest BCUT2D eigenvalue weighted by molar-refractivity contribution is 7.89. The Kier molecular flexibility index (Phi) is 6.63. The average molecular weight is 372 g/mol. The van der Waals surface area contributed by atoms with Gasteiger partial charge < -0.3 is 19.7 Å². The summed E-state index contributed by atoms with van der Waals surface area (Å²) in [5, 5.41) is 2.65. The Balaban J connectivity index is 1.89. The van der Waals surface area contributed by atoms with Crippen LogP contribution in [0.1, 0.15) is 10.4 Å². The number of carbonyl (C=O) groups excluding carboxylic acids is 1. The lowest BCUT2D eigenvalue weighted by molar-refractivity contribution is -0.883. The molecule has 0 spiro atoms. The first-order valence-electron chi connectivity index (χ1n) is 8.16. The SMILES string of the molecule is COc1ccc(C(=O)NCCS(=O)(=O)N2CC[NH+](C)CC2)cc1OC. The summed E-state index contributed by atoms with van der Waals surface area (Å²) in [6.45, 7) is 2.72. The van der Waals surface area contributed by atoms with Gasteiger partial charge in [-0.05, 0) is 18.2 Å². The number of amides is 1. The number of hydrogen-bond acceptors (Lipinski definition) is 5. The van der Waals surface area contributed by atoms with Crippen molar-refractivity contribution in [2.75, 3.05) is 59.7 Å². The largest absolute Gasteiger partial charge is 0.493 e. The molecule has 2 rings (SSSR count). The number of quaternary nitrogens is 1. The summed E-state index contributed by atoms with van der Waals surface area (Å²) in [5.41, 5.74) is 0.387. The molecule has 1 aromatic carbocycles. The van der Waals surface area contributed by atoms with Crippen molar-refractivity contribution in [1.29, 1.82) is 0 Å². The minimum atomic E-state index is -3.35. The summed E-state index contributed by atoms with van der Waals surface area (Å²) < 4.78 is 36.4. The standard InChI is InChI=1S/C16H25N3O5S/c1-18-7-9-19(10-8-18)25(21,22)11-6-17-16(20)13-4-5-14(23-2)15(12-13)24-3/h4-5,12H,6-11H2,1-3H3,(H,17,20)/p+1. The third-order valence-corrected chi connectivity index (χ3v) is 6.13. The second kappa shape index (κ2) is 8.50. The zero-order chi connectivity index (χ0) is 18.4. The molecule has 25 heavy (non-hydrogen) atoms. The molecule has 1 aromatic rings. The van der Waals surface area contributed by atoms with E-state index in [1.54, 1.807) is 18.2 Å². The van der Waals surface area contributed by atoms with Gasteiger partial charge in [-0.2, -0.15) is 4.31 Å². The van der Waals surface area contributed by atoms with Crippen LogP contribution in [0.3, 0.4) is 0 Å². The Labute approximate surface area is 148 Å². The fourth-order valence-electron chi connectivity index (χ4n) is 2.65. The van der Waals surface area contributed by atoms with Crippen LogP contribution in [0.25, 0.3) is 0 Å². The molecule has 1 aliphatic rings. The van der Waals surface area contributed by atoms with E-state index in [1.165, 1.54) is 23.4 Å². The van der Waals surface area contributed by atoms with Crippen molar-refractivity contribution in [1.82, 2.24) is 9.62 Å². The van der Waals surface area contributed by atoms with Gasteiger partial charge in [0.1, 0.15) is 0 Å². The second-order valence-electron chi connectivity index (χ2n) is 6.00. The predicted octanol–water partition coefficient (Wildman–Crippen LogP) is -1.41. The molecule has 2 N–H and O–H groups in total. The van der Waals surface area contributed by atoms with Crippen LogP contribution >= 0.6 is 0 Å². The molecule has 8 nitrogen and oxygen atoms in total. The molecule has 0 bridgehead atoms. The molecule has 1 amide bonds. The zero-order valence-corrected chi connectivity index (χ0v) is 15.7. The minimum Gasteiger partial charge on any atom is -0.493 e. The van der Waals surface area contributed by atoms with Crippen molar-refractivity contribution < 1.29 is 27.6 Å². The quantitative estimate of drug-likeness (QED) is 0.614. The van der Waals surface area contributed by atoms with Crippen molar-refractivity contribution in [2.24, 2.45) is 0 Å². The Morgan fingerprint density at radius 3 is 2.44 bits per heavy atom. The fourth-order valence-corrected chi connectivity index (χ4v) is 4.01. The lowest BCUT2D eigenvalue weighted by Crippen LogP contribution is -3.12. The van der Waals surface area contributed by atoms with Crippen LogP contribution in [-0.2, 0) is 10.0 Å². The van der Waals surface area contributed by atoms with Gasteiger partial charge in [-0.15, -0.1) is 0 Å². The summed E-state index contributed by atoms with van der Waals surface area (Å²) >= 11 is 0. The molecule has 0 aliphatic carbocycles. The smallest absolute Gasteiger partial charge is 0.251 e. The maximum Gasteiger partial charge on any atom is 0.251 e. The van der Waals surface area contributed by atoms with Gasteiger partial charge in [-0.1, -0.05) is 0 Å². The van der Waals surface area contributed by atoms with E-state index >= 15 is 0 Å². The highest BCUT2D eigenvalue weighted by Crippen LogP contribution is 2.27. The number of nitrogens with zero attached hydrogens (tertiary/aromatic N) is 1. The Morgan fingerprint density at radius 2 is 1.84 bits per heavy atom. The molecule has 1 aliphatic heterocycles. The number of methoxy groups -OCH3 is 2.